The second kappa shape index (κ2) is 3.62. The lowest BCUT2D eigenvalue weighted by Gasteiger charge is -2.56. The first-order valence-corrected chi connectivity index (χ1v) is 7.11. The van der Waals surface area contributed by atoms with Crippen LogP contribution < -0.4 is 10.5 Å². The molecule has 0 saturated heterocycles. The van der Waals surface area contributed by atoms with Gasteiger partial charge in [-0.2, -0.15) is 0 Å². The van der Waals surface area contributed by atoms with Crippen molar-refractivity contribution in [2.45, 2.75) is 44.1 Å². The molecule has 3 nitrogen and oxygen atoms in total. The zero-order valence-electron chi connectivity index (χ0n) is 10.6. The van der Waals surface area contributed by atoms with Gasteiger partial charge in [-0.05, 0) is 56.3 Å². The maximum absolute atomic E-state index is 6.38. The molecule has 4 bridgehead atoms. The first-order valence-electron chi connectivity index (χ1n) is 7.11. The van der Waals surface area contributed by atoms with Crippen LogP contribution in [0.5, 0.6) is 5.75 Å². The average Bonchev–Trinajstić information content (AvgIpc) is 2.30. The number of pyridine rings is 1. The normalized spacial score (nSPS) is 41.0. The van der Waals surface area contributed by atoms with Gasteiger partial charge in [0.25, 0.3) is 0 Å². The molecule has 4 aliphatic carbocycles. The van der Waals surface area contributed by atoms with E-state index >= 15 is 0 Å². The number of hydrogen-bond donors (Lipinski definition) is 1. The first-order chi connectivity index (χ1) is 8.72. The van der Waals surface area contributed by atoms with Crippen LogP contribution in [0.4, 0.5) is 5.69 Å². The second-order valence-corrected chi connectivity index (χ2v) is 6.62. The third kappa shape index (κ3) is 1.60. The summed E-state index contributed by atoms with van der Waals surface area (Å²) < 4.78 is 6.38. The molecule has 0 atom stereocenters. The number of hydrogen-bond acceptors (Lipinski definition) is 3. The average molecular weight is 244 g/mol. The minimum absolute atomic E-state index is 0.0875. The molecule has 0 aromatic carbocycles. The molecule has 4 saturated carbocycles. The van der Waals surface area contributed by atoms with Crippen molar-refractivity contribution in [2.75, 3.05) is 5.73 Å². The number of nitrogen functional groups attached to an aromatic ring is 1. The van der Waals surface area contributed by atoms with Gasteiger partial charge in [-0.1, -0.05) is 0 Å². The maximum Gasteiger partial charge on any atom is 0.146 e. The third-order valence-corrected chi connectivity index (χ3v) is 5.12. The zero-order valence-corrected chi connectivity index (χ0v) is 10.6. The van der Waals surface area contributed by atoms with E-state index in [0.717, 1.165) is 23.5 Å². The number of aromatic nitrogens is 1. The maximum atomic E-state index is 6.38. The Morgan fingerprint density at radius 1 is 1.11 bits per heavy atom. The molecule has 3 heteroatoms. The van der Waals surface area contributed by atoms with Crippen LogP contribution in [0.1, 0.15) is 38.5 Å². The highest BCUT2D eigenvalue weighted by molar-refractivity contribution is 5.50. The quantitative estimate of drug-likeness (QED) is 0.870. The van der Waals surface area contributed by atoms with Gasteiger partial charge in [0.1, 0.15) is 11.4 Å². The molecular formula is C15H20N2O. The lowest BCUT2D eigenvalue weighted by molar-refractivity contribution is -0.107. The van der Waals surface area contributed by atoms with E-state index in [-0.39, 0.29) is 5.60 Å². The first kappa shape index (κ1) is 10.7. The number of nitrogens with two attached hydrogens (primary N) is 1. The smallest absolute Gasteiger partial charge is 0.146 e. The predicted molar refractivity (Wildman–Crippen MR) is 70.2 cm³/mol. The Morgan fingerprint density at radius 2 is 1.72 bits per heavy atom. The van der Waals surface area contributed by atoms with Crippen LogP contribution in [0.15, 0.2) is 18.5 Å². The predicted octanol–water partition coefficient (Wildman–Crippen LogP) is 3.01. The van der Waals surface area contributed by atoms with Crippen LogP contribution in [-0.2, 0) is 0 Å². The van der Waals surface area contributed by atoms with Gasteiger partial charge in [-0.15, -0.1) is 0 Å². The number of rotatable bonds is 2. The molecule has 5 rings (SSSR count). The Bertz CT molecular complexity index is 436. The van der Waals surface area contributed by atoms with E-state index in [2.05, 4.69) is 4.98 Å². The highest BCUT2D eigenvalue weighted by Gasteiger charge is 2.52. The monoisotopic (exact) mass is 244 g/mol. The molecule has 0 spiro atoms. The fourth-order valence-corrected chi connectivity index (χ4v) is 4.88. The van der Waals surface area contributed by atoms with E-state index in [9.17, 15) is 0 Å². The second-order valence-electron chi connectivity index (χ2n) is 6.62. The minimum atomic E-state index is 0.0875. The van der Waals surface area contributed by atoms with E-state index in [1.54, 1.807) is 12.4 Å². The van der Waals surface area contributed by atoms with Gasteiger partial charge in [0.05, 0.1) is 11.9 Å². The summed E-state index contributed by atoms with van der Waals surface area (Å²) in [6.45, 7) is 0. The van der Waals surface area contributed by atoms with Crippen molar-refractivity contribution >= 4 is 5.69 Å². The van der Waals surface area contributed by atoms with E-state index in [4.69, 9.17) is 10.5 Å². The zero-order chi connectivity index (χ0) is 12.2. The Labute approximate surface area is 108 Å². The topological polar surface area (TPSA) is 48.1 Å². The molecule has 2 N–H and O–H groups in total. The highest BCUT2D eigenvalue weighted by atomic mass is 16.5. The Balaban J connectivity index is 1.63. The van der Waals surface area contributed by atoms with Crippen LogP contribution in [0.25, 0.3) is 0 Å². The summed E-state index contributed by atoms with van der Waals surface area (Å²) in [7, 11) is 0. The van der Waals surface area contributed by atoms with Crippen molar-refractivity contribution in [1.82, 2.24) is 4.98 Å². The molecule has 0 unspecified atom stereocenters. The molecule has 4 aliphatic rings. The van der Waals surface area contributed by atoms with Gasteiger partial charge in [-0.25, -0.2) is 0 Å². The van der Waals surface area contributed by atoms with Crippen LogP contribution in [0.3, 0.4) is 0 Å². The summed E-state index contributed by atoms with van der Waals surface area (Å²) >= 11 is 0. The van der Waals surface area contributed by atoms with Crippen LogP contribution in [-0.4, -0.2) is 10.6 Å². The SMILES string of the molecule is Nc1cnccc1OC12CC3CC(CC(C3)C1)C2. The highest BCUT2D eigenvalue weighted by Crippen LogP contribution is 2.57. The molecule has 0 aliphatic heterocycles. The summed E-state index contributed by atoms with van der Waals surface area (Å²) in [4.78, 5) is 4.03. The van der Waals surface area contributed by atoms with Gasteiger partial charge in [0.15, 0.2) is 0 Å². The van der Waals surface area contributed by atoms with Crippen molar-refractivity contribution in [1.29, 1.82) is 0 Å². The number of ether oxygens (including phenoxy) is 1. The molecule has 1 aromatic rings. The molecule has 1 aromatic heterocycles. The van der Waals surface area contributed by atoms with Crippen LogP contribution in [0, 0.1) is 17.8 Å². The summed E-state index contributed by atoms with van der Waals surface area (Å²) in [6.07, 6.45) is 11.5. The van der Waals surface area contributed by atoms with Gasteiger partial charge in [-0.3, -0.25) is 4.98 Å². The Kier molecular flexibility index (Phi) is 2.14. The summed E-state index contributed by atoms with van der Waals surface area (Å²) in [5.41, 5.74) is 6.72. The molecule has 0 amide bonds. The van der Waals surface area contributed by atoms with Crippen LogP contribution >= 0.6 is 0 Å². The van der Waals surface area contributed by atoms with Crippen molar-refractivity contribution in [3.63, 3.8) is 0 Å². The van der Waals surface area contributed by atoms with E-state index < -0.39 is 0 Å². The van der Waals surface area contributed by atoms with Crippen LogP contribution in [0.2, 0.25) is 0 Å². The Morgan fingerprint density at radius 3 is 2.28 bits per heavy atom. The fraction of sp³-hybridized carbons (Fsp3) is 0.667. The van der Waals surface area contributed by atoms with Crippen molar-refractivity contribution in [3.8, 4) is 5.75 Å². The lowest BCUT2D eigenvalue weighted by atomic mass is 9.54. The molecule has 0 radical (unpaired) electrons. The molecule has 96 valence electrons. The van der Waals surface area contributed by atoms with E-state index in [0.29, 0.717) is 5.69 Å². The molecule has 4 fully saturated rings. The lowest BCUT2D eigenvalue weighted by Crippen LogP contribution is -2.53. The minimum Gasteiger partial charge on any atom is -0.485 e. The fourth-order valence-electron chi connectivity index (χ4n) is 4.88. The molecule has 18 heavy (non-hydrogen) atoms. The third-order valence-electron chi connectivity index (χ3n) is 5.12. The largest absolute Gasteiger partial charge is 0.485 e. The molecular weight excluding hydrogens is 224 g/mol. The van der Waals surface area contributed by atoms with Crippen molar-refractivity contribution < 1.29 is 4.74 Å². The number of anilines is 1. The molecule has 1 heterocycles. The standard InChI is InChI=1S/C15H20N2O/c16-13-9-17-2-1-14(13)18-15-6-10-3-11(7-15)5-12(4-10)8-15/h1-2,9-12H,3-8,16H2. The summed E-state index contributed by atoms with van der Waals surface area (Å²) in [5, 5.41) is 0. The van der Waals surface area contributed by atoms with Crippen molar-refractivity contribution in [3.05, 3.63) is 18.5 Å². The van der Waals surface area contributed by atoms with Gasteiger partial charge < -0.3 is 10.5 Å². The van der Waals surface area contributed by atoms with Gasteiger partial charge >= 0.3 is 0 Å². The van der Waals surface area contributed by atoms with E-state index in [1.807, 2.05) is 6.07 Å². The summed E-state index contributed by atoms with van der Waals surface area (Å²) in [6, 6.07) is 1.91. The number of nitrogens with zero attached hydrogens (tertiary/aromatic N) is 1. The summed E-state index contributed by atoms with van der Waals surface area (Å²) in [5.74, 6) is 3.55. The van der Waals surface area contributed by atoms with Crippen molar-refractivity contribution in [2.24, 2.45) is 17.8 Å². The Hall–Kier alpha value is -1.25. The van der Waals surface area contributed by atoms with E-state index in [1.165, 1.54) is 38.5 Å². The van der Waals surface area contributed by atoms with Gasteiger partial charge in [0, 0.05) is 12.3 Å². The van der Waals surface area contributed by atoms with Gasteiger partial charge in [0.2, 0.25) is 0 Å².